The van der Waals surface area contributed by atoms with Gasteiger partial charge in [0, 0.05) is 56.4 Å². The quantitative estimate of drug-likeness (QED) is 0.507. The van der Waals surface area contributed by atoms with Gasteiger partial charge in [0.15, 0.2) is 0 Å². The van der Waals surface area contributed by atoms with Crippen molar-refractivity contribution in [1.82, 2.24) is 20.2 Å². The largest absolute Gasteiger partial charge is 0.393 e. The number of pyridine rings is 2. The maximum absolute atomic E-state index is 14.5. The molecule has 34 heavy (non-hydrogen) atoms. The van der Waals surface area contributed by atoms with Gasteiger partial charge in [0.25, 0.3) is 11.5 Å². The second-order valence-electron chi connectivity index (χ2n) is 8.83. The van der Waals surface area contributed by atoms with Gasteiger partial charge in [-0.1, -0.05) is 6.07 Å². The van der Waals surface area contributed by atoms with Crippen LogP contribution in [-0.2, 0) is 6.42 Å². The SMILES string of the molecule is CNC(=O)c1ccc(N2CCN([C@H]3CC[C@@H](c4ccc(CC(F)(F)F)c(=O)[nH]4)C3)CC2)c(F)n1. The van der Waals surface area contributed by atoms with Gasteiger partial charge in [-0.2, -0.15) is 17.6 Å². The van der Waals surface area contributed by atoms with E-state index in [4.69, 9.17) is 0 Å². The number of anilines is 1. The molecule has 3 heterocycles. The Bertz CT molecular complexity index is 1100. The molecule has 2 fully saturated rings. The van der Waals surface area contributed by atoms with Crippen LogP contribution in [0.5, 0.6) is 0 Å². The summed E-state index contributed by atoms with van der Waals surface area (Å²) in [6, 6.07) is 6.26. The number of nitrogens with zero attached hydrogens (tertiary/aromatic N) is 3. The number of hydrogen-bond donors (Lipinski definition) is 2. The summed E-state index contributed by atoms with van der Waals surface area (Å²) < 4.78 is 52.3. The van der Waals surface area contributed by atoms with Crippen molar-refractivity contribution >= 4 is 11.6 Å². The molecule has 0 aromatic carbocycles. The summed E-state index contributed by atoms with van der Waals surface area (Å²) in [5, 5.41) is 2.42. The van der Waals surface area contributed by atoms with Crippen molar-refractivity contribution in [2.24, 2.45) is 0 Å². The lowest BCUT2D eigenvalue weighted by molar-refractivity contribution is -0.127. The number of rotatable bonds is 5. The van der Waals surface area contributed by atoms with E-state index in [0.717, 1.165) is 32.4 Å². The molecule has 2 atom stereocenters. The van der Waals surface area contributed by atoms with Crippen LogP contribution in [0.4, 0.5) is 23.2 Å². The third-order valence-corrected chi connectivity index (χ3v) is 6.71. The van der Waals surface area contributed by atoms with E-state index < -0.39 is 30.0 Å². The molecule has 184 valence electrons. The number of nitrogens with one attached hydrogen (secondary N) is 2. The molecule has 4 rings (SSSR count). The molecule has 1 aliphatic carbocycles. The number of hydrogen-bond acceptors (Lipinski definition) is 5. The summed E-state index contributed by atoms with van der Waals surface area (Å²) in [5.41, 5.74) is 0.135. The predicted molar refractivity (Wildman–Crippen MR) is 119 cm³/mol. The van der Waals surface area contributed by atoms with Crippen LogP contribution in [0.2, 0.25) is 0 Å². The van der Waals surface area contributed by atoms with E-state index in [1.807, 2.05) is 4.90 Å². The van der Waals surface area contributed by atoms with E-state index in [0.29, 0.717) is 30.5 Å². The highest BCUT2D eigenvalue weighted by Gasteiger charge is 2.34. The van der Waals surface area contributed by atoms with Gasteiger partial charge in [-0.15, -0.1) is 0 Å². The van der Waals surface area contributed by atoms with Gasteiger partial charge in [0.05, 0.1) is 12.1 Å². The highest BCUT2D eigenvalue weighted by molar-refractivity contribution is 5.92. The average molecular weight is 481 g/mol. The van der Waals surface area contributed by atoms with Crippen LogP contribution in [0.3, 0.4) is 0 Å². The number of H-pyrrole nitrogens is 1. The van der Waals surface area contributed by atoms with Gasteiger partial charge in [0.1, 0.15) is 5.69 Å². The zero-order valence-corrected chi connectivity index (χ0v) is 18.8. The number of amides is 1. The summed E-state index contributed by atoms with van der Waals surface area (Å²) >= 11 is 0. The highest BCUT2D eigenvalue weighted by Crippen LogP contribution is 2.36. The molecule has 0 unspecified atom stereocenters. The molecule has 2 aromatic rings. The van der Waals surface area contributed by atoms with Gasteiger partial charge >= 0.3 is 6.18 Å². The molecule has 2 aliphatic rings. The summed E-state index contributed by atoms with van der Waals surface area (Å²) in [6.07, 6.45) is -3.07. The smallest absolute Gasteiger partial charge is 0.365 e. The lowest BCUT2D eigenvalue weighted by atomic mass is 10.0. The van der Waals surface area contributed by atoms with Crippen LogP contribution in [0.25, 0.3) is 0 Å². The Hall–Kier alpha value is -2.95. The minimum absolute atomic E-state index is 0.0314. The zero-order chi connectivity index (χ0) is 24.5. The fraction of sp³-hybridized carbons (Fsp3) is 0.522. The second kappa shape index (κ2) is 9.73. The molecule has 1 aliphatic heterocycles. The van der Waals surface area contributed by atoms with Gasteiger partial charge in [-0.3, -0.25) is 14.5 Å². The van der Waals surface area contributed by atoms with Crippen LogP contribution in [-0.4, -0.2) is 66.2 Å². The van der Waals surface area contributed by atoms with E-state index in [9.17, 15) is 27.2 Å². The standard InChI is InChI=1S/C23H27F4N5O2/c1-28-22(34)18-6-7-19(20(24)29-18)32-10-8-31(9-11-32)16-4-2-14(12-16)17-5-3-15(21(33)30-17)13-23(25,26)27/h3,5-7,14,16H,2,4,8-13H2,1H3,(H,28,34)(H,30,33)/t14-,16+/m1/s1. The topological polar surface area (TPSA) is 81.3 Å². The summed E-state index contributed by atoms with van der Waals surface area (Å²) in [6.45, 7) is 2.69. The Morgan fingerprint density at radius 1 is 1.15 bits per heavy atom. The van der Waals surface area contributed by atoms with Crippen molar-refractivity contribution in [3.63, 3.8) is 0 Å². The van der Waals surface area contributed by atoms with Gasteiger partial charge < -0.3 is 15.2 Å². The first-order valence-corrected chi connectivity index (χ1v) is 11.3. The first-order valence-electron chi connectivity index (χ1n) is 11.3. The Morgan fingerprint density at radius 3 is 2.50 bits per heavy atom. The summed E-state index contributed by atoms with van der Waals surface area (Å²) in [4.78, 5) is 34.4. The van der Waals surface area contributed by atoms with Crippen molar-refractivity contribution < 1.29 is 22.4 Å². The molecular weight excluding hydrogens is 454 g/mol. The highest BCUT2D eigenvalue weighted by atomic mass is 19.4. The summed E-state index contributed by atoms with van der Waals surface area (Å²) in [7, 11) is 1.46. The Balaban J connectivity index is 1.34. The van der Waals surface area contributed by atoms with E-state index in [-0.39, 0.29) is 17.2 Å². The fourth-order valence-corrected chi connectivity index (χ4v) is 4.93. The molecule has 1 saturated heterocycles. The average Bonchev–Trinajstić information content (AvgIpc) is 3.29. The monoisotopic (exact) mass is 481 g/mol. The van der Waals surface area contributed by atoms with E-state index >= 15 is 0 Å². The number of carbonyl (C=O) groups excluding carboxylic acids is 1. The Labute approximate surface area is 194 Å². The molecular formula is C23H27F4N5O2. The van der Waals surface area contributed by atoms with E-state index in [2.05, 4.69) is 20.2 Å². The maximum Gasteiger partial charge on any atom is 0.393 e. The Morgan fingerprint density at radius 2 is 1.88 bits per heavy atom. The first-order chi connectivity index (χ1) is 16.1. The first kappa shape index (κ1) is 24.2. The number of piperazine rings is 1. The number of aromatic amines is 1. The van der Waals surface area contributed by atoms with Crippen LogP contribution in [0.15, 0.2) is 29.1 Å². The molecule has 1 saturated carbocycles. The molecule has 2 aromatic heterocycles. The van der Waals surface area contributed by atoms with Crippen LogP contribution in [0, 0.1) is 5.95 Å². The molecule has 1 amide bonds. The van der Waals surface area contributed by atoms with E-state index in [1.165, 1.54) is 19.2 Å². The van der Waals surface area contributed by atoms with Crippen molar-refractivity contribution in [1.29, 1.82) is 0 Å². The predicted octanol–water partition coefficient (Wildman–Crippen LogP) is 2.83. The maximum atomic E-state index is 14.5. The van der Waals surface area contributed by atoms with Crippen molar-refractivity contribution in [3.8, 4) is 0 Å². The third kappa shape index (κ3) is 5.40. The molecule has 2 N–H and O–H groups in total. The fourth-order valence-electron chi connectivity index (χ4n) is 4.93. The molecule has 0 radical (unpaired) electrons. The van der Waals surface area contributed by atoms with Crippen molar-refractivity contribution in [2.45, 2.75) is 43.8 Å². The van der Waals surface area contributed by atoms with Crippen molar-refractivity contribution in [3.05, 3.63) is 57.5 Å². The number of alkyl halides is 3. The Kier molecular flexibility index (Phi) is 6.92. The van der Waals surface area contributed by atoms with Crippen LogP contribution < -0.4 is 15.8 Å². The van der Waals surface area contributed by atoms with Crippen LogP contribution >= 0.6 is 0 Å². The zero-order valence-electron chi connectivity index (χ0n) is 18.8. The molecule has 0 spiro atoms. The lowest BCUT2D eigenvalue weighted by Crippen LogP contribution is -2.50. The minimum atomic E-state index is -4.42. The van der Waals surface area contributed by atoms with E-state index in [1.54, 1.807) is 12.1 Å². The minimum Gasteiger partial charge on any atom is -0.365 e. The van der Waals surface area contributed by atoms with Gasteiger partial charge in [0.2, 0.25) is 5.95 Å². The third-order valence-electron chi connectivity index (χ3n) is 6.71. The normalized spacial score (nSPS) is 21.6. The summed E-state index contributed by atoms with van der Waals surface area (Å²) in [5.74, 6) is -1.02. The molecule has 7 nitrogen and oxygen atoms in total. The molecule has 0 bridgehead atoms. The van der Waals surface area contributed by atoms with Gasteiger partial charge in [-0.25, -0.2) is 4.98 Å². The molecule has 11 heteroatoms. The number of aromatic nitrogens is 2. The second-order valence-corrected chi connectivity index (χ2v) is 8.83. The van der Waals surface area contributed by atoms with Crippen LogP contribution in [0.1, 0.15) is 46.9 Å². The van der Waals surface area contributed by atoms with Crippen molar-refractivity contribution in [2.75, 3.05) is 38.1 Å². The lowest BCUT2D eigenvalue weighted by Gasteiger charge is -2.39. The number of halogens is 4. The number of carbonyl (C=O) groups is 1. The van der Waals surface area contributed by atoms with Gasteiger partial charge in [-0.05, 0) is 37.5 Å².